The van der Waals surface area contributed by atoms with Gasteiger partial charge in [-0.2, -0.15) is 0 Å². The number of carbonyl (C=O) groups excluding carboxylic acids is 2. The average Bonchev–Trinajstić information content (AvgIpc) is 3.54. The van der Waals surface area contributed by atoms with Crippen LogP contribution in [0.15, 0.2) is 0 Å². The first-order chi connectivity index (χ1) is 15.6. The molecule has 6 atom stereocenters. The largest absolute Gasteiger partial charge is 0.459 e. The minimum Gasteiger partial charge on any atom is -0.459 e. The van der Waals surface area contributed by atoms with Gasteiger partial charge < -0.3 is 23.7 Å². The molecule has 2 bridgehead atoms. The van der Waals surface area contributed by atoms with Crippen molar-refractivity contribution >= 4 is 23.7 Å². The lowest BCUT2D eigenvalue weighted by Gasteiger charge is -2.33. The second-order valence-corrected chi connectivity index (χ2v) is 10.9. The zero-order chi connectivity index (χ0) is 22.1. The van der Waals surface area contributed by atoms with E-state index in [9.17, 15) is 9.59 Å². The molecule has 5 fully saturated rings. The fourth-order valence-electron chi connectivity index (χ4n) is 5.99. The van der Waals surface area contributed by atoms with Gasteiger partial charge >= 0.3 is 11.9 Å². The number of fused-ring (bicyclic) bond motifs is 1. The van der Waals surface area contributed by atoms with E-state index in [-0.39, 0.29) is 46.2 Å². The van der Waals surface area contributed by atoms with Crippen molar-refractivity contribution in [1.82, 2.24) is 4.90 Å². The predicted molar refractivity (Wildman–Crippen MR) is 117 cm³/mol. The maximum absolute atomic E-state index is 13.3. The van der Waals surface area contributed by atoms with Gasteiger partial charge in [0, 0.05) is 24.9 Å². The Balaban J connectivity index is 1.13. The van der Waals surface area contributed by atoms with Gasteiger partial charge in [-0.05, 0) is 32.1 Å². The number of rotatable bonds is 10. The fraction of sp³-hybridized carbons (Fsp3) is 0.913. The number of hydrogen-bond donors (Lipinski definition) is 0. The molecule has 180 valence electrons. The first-order valence-corrected chi connectivity index (χ1v) is 13.1. The Bertz CT molecular complexity index is 694. The van der Waals surface area contributed by atoms with Crippen molar-refractivity contribution in [2.75, 3.05) is 52.7 Å². The molecule has 1 aliphatic carbocycles. The summed E-state index contributed by atoms with van der Waals surface area (Å²) in [6.07, 6.45) is 4.33. The van der Waals surface area contributed by atoms with E-state index in [0.717, 1.165) is 65.0 Å². The molecule has 4 saturated heterocycles. The summed E-state index contributed by atoms with van der Waals surface area (Å²) in [4.78, 5) is 28.2. The monoisotopic (exact) mass is 469 g/mol. The first-order valence-electron chi connectivity index (χ1n) is 12.2. The van der Waals surface area contributed by atoms with Gasteiger partial charge in [0.15, 0.2) is 0 Å². The molecule has 4 heterocycles. The van der Waals surface area contributed by atoms with Crippen LogP contribution in [0.4, 0.5) is 0 Å². The zero-order valence-corrected chi connectivity index (χ0v) is 19.7. The molecule has 1 saturated carbocycles. The molecule has 0 spiro atoms. The zero-order valence-electron chi connectivity index (χ0n) is 18.9. The van der Waals surface area contributed by atoms with Gasteiger partial charge in [-0.3, -0.25) is 14.5 Å². The molecule has 0 N–H and O–H groups in total. The normalized spacial score (nSPS) is 37.7. The Kier molecular flexibility index (Phi) is 7.00. The van der Waals surface area contributed by atoms with Crippen LogP contribution in [0.25, 0.3) is 0 Å². The lowest BCUT2D eigenvalue weighted by atomic mass is 9.78. The average molecular weight is 470 g/mol. The summed E-state index contributed by atoms with van der Waals surface area (Å²) in [5.74, 6) is -1.34. The molecular formula is C23H35NO7S. The highest BCUT2D eigenvalue weighted by Crippen LogP contribution is 2.59. The number of carbonyl (C=O) groups is 2. The number of thioether (sulfide) groups is 1. The van der Waals surface area contributed by atoms with Crippen molar-refractivity contribution < 1.29 is 33.3 Å². The summed E-state index contributed by atoms with van der Waals surface area (Å²) >= 11 is 1.68. The van der Waals surface area contributed by atoms with E-state index in [0.29, 0.717) is 19.8 Å². The number of ether oxygens (including phenoxy) is 5. The van der Waals surface area contributed by atoms with E-state index >= 15 is 0 Å². The first kappa shape index (κ1) is 22.9. The van der Waals surface area contributed by atoms with Gasteiger partial charge in [-0.25, -0.2) is 0 Å². The molecule has 0 aromatic heterocycles. The van der Waals surface area contributed by atoms with Gasteiger partial charge in [0.1, 0.15) is 17.8 Å². The van der Waals surface area contributed by atoms with E-state index in [2.05, 4.69) is 11.8 Å². The van der Waals surface area contributed by atoms with Crippen molar-refractivity contribution in [3.63, 3.8) is 0 Å². The highest BCUT2D eigenvalue weighted by molar-refractivity contribution is 8.01. The second-order valence-electron chi connectivity index (χ2n) is 9.58. The number of nitrogens with zero attached hydrogens (tertiary/aromatic N) is 1. The summed E-state index contributed by atoms with van der Waals surface area (Å²) in [5.41, 5.74) is -0.351. The van der Waals surface area contributed by atoms with Crippen LogP contribution in [0.3, 0.4) is 0 Å². The summed E-state index contributed by atoms with van der Waals surface area (Å²) in [6.45, 7) is 8.02. The molecule has 9 heteroatoms. The Morgan fingerprint density at radius 2 is 1.94 bits per heavy atom. The SMILES string of the molecule is CCC1(OC(=O)C2C3SC4C(OC(=O)C42)C3OCCOCCN2CCOCC2)CCCC1. The third kappa shape index (κ3) is 4.31. The third-order valence-electron chi connectivity index (χ3n) is 7.85. The molecule has 5 rings (SSSR count). The van der Waals surface area contributed by atoms with E-state index in [1.165, 1.54) is 0 Å². The van der Waals surface area contributed by atoms with Crippen molar-refractivity contribution in [3.05, 3.63) is 0 Å². The second kappa shape index (κ2) is 9.78. The number of hydrogen-bond acceptors (Lipinski definition) is 9. The molecular weight excluding hydrogens is 434 g/mol. The standard InChI is InChI=1S/C23H35NO7S/c1-2-23(5-3-4-6-23)31-22(26)16-15-20-18(30-21(15)25)17(19(16)32-20)29-14-13-28-12-9-24-7-10-27-11-8-24/h15-20H,2-14H2,1H3. The minimum absolute atomic E-state index is 0.00144. The summed E-state index contributed by atoms with van der Waals surface area (Å²) in [6, 6.07) is 0. The van der Waals surface area contributed by atoms with Crippen molar-refractivity contribution in [3.8, 4) is 0 Å². The van der Waals surface area contributed by atoms with Gasteiger partial charge in [0.25, 0.3) is 0 Å². The molecule has 0 aromatic rings. The van der Waals surface area contributed by atoms with Crippen LogP contribution in [0, 0.1) is 11.8 Å². The molecule has 8 nitrogen and oxygen atoms in total. The van der Waals surface area contributed by atoms with Gasteiger partial charge in [0.2, 0.25) is 0 Å². The van der Waals surface area contributed by atoms with E-state index in [4.69, 9.17) is 23.7 Å². The Hall–Kier alpha value is -0.870. The molecule has 32 heavy (non-hydrogen) atoms. The van der Waals surface area contributed by atoms with Gasteiger partial charge in [0.05, 0.1) is 50.1 Å². The third-order valence-corrected chi connectivity index (χ3v) is 9.60. The summed E-state index contributed by atoms with van der Waals surface area (Å²) in [7, 11) is 0. The Morgan fingerprint density at radius 1 is 1.16 bits per heavy atom. The van der Waals surface area contributed by atoms with Crippen molar-refractivity contribution in [1.29, 1.82) is 0 Å². The lowest BCUT2D eigenvalue weighted by Crippen LogP contribution is -2.49. The predicted octanol–water partition coefficient (Wildman–Crippen LogP) is 1.64. The highest BCUT2D eigenvalue weighted by Gasteiger charge is 2.70. The van der Waals surface area contributed by atoms with Crippen LogP contribution in [0.1, 0.15) is 39.0 Å². The number of morpholine rings is 1. The lowest BCUT2D eigenvalue weighted by molar-refractivity contribution is -0.169. The van der Waals surface area contributed by atoms with E-state index in [1.807, 2.05) is 0 Å². The highest BCUT2D eigenvalue weighted by atomic mass is 32.2. The molecule has 0 aromatic carbocycles. The topological polar surface area (TPSA) is 83.5 Å². The Labute approximate surface area is 194 Å². The minimum atomic E-state index is -0.465. The molecule has 0 radical (unpaired) electrons. The van der Waals surface area contributed by atoms with Crippen LogP contribution < -0.4 is 0 Å². The molecule has 4 aliphatic heterocycles. The van der Waals surface area contributed by atoms with E-state index < -0.39 is 5.92 Å². The van der Waals surface area contributed by atoms with E-state index in [1.54, 1.807) is 11.8 Å². The van der Waals surface area contributed by atoms with Gasteiger partial charge in [-0.1, -0.05) is 6.92 Å². The maximum Gasteiger partial charge on any atom is 0.311 e. The van der Waals surface area contributed by atoms with Crippen molar-refractivity contribution in [2.45, 2.75) is 67.3 Å². The molecule has 6 unspecified atom stereocenters. The fourth-order valence-corrected chi connectivity index (χ4v) is 8.00. The van der Waals surface area contributed by atoms with Crippen LogP contribution in [-0.4, -0.2) is 97.8 Å². The van der Waals surface area contributed by atoms with Crippen LogP contribution in [-0.2, 0) is 33.3 Å². The summed E-state index contributed by atoms with van der Waals surface area (Å²) < 4.78 is 29.0. The van der Waals surface area contributed by atoms with Crippen LogP contribution >= 0.6 is 11.8 Å². The van der Waals surface area contributed by atoms with Crippen LogP contribution in [0.5, 0.6) is 0 Å². The number of esters is 2. The smallest absolute Gasteiger partial charge is 0.311 e. The van der Waals surface area contributed by atoms with Gasteiger partial charge in [-0.15, -0.1) is 11.8 Å². The quantitative estimate of drug-likeness (QED) is 0.350. The molecule has 0 amide bonds. The summed E-state index contributed by atoms with van der Waals surface area (Å²) in [5, 5.41) is -0.0870. The Morgan fingerprint density at radius 3 is 2.69 bits per heavy atom. The molecule has 5 aliphatic rings. The maximum atomic E-state index is 13.3. The van der Waals surface area contributed by atoms with Crippen molar-refractivity contribution in [2.24, 2.45) is 11.8 Å². The van der Waals surface area contributed by atoms with Crippen LogP contribution in [0.2, 0.25) is 0 Å².